The van der Waals surface area contributed by atoms with Gasteiger partial charge in [-0.3, -0.25) is 14.2 Å². The molecule has 0 radical (unpaired) electrons. The Morgan fingerprint density at radius 2 is 2.00 bits per heavy atom. The number of carbonyl (C=O) groups is 1. The zero-order valence-electron chi connectivity index (χ0n) is 17.4. The molecule has 0 aliphatic carbocycles. The monoisotopic (exact) mass is 477 g/mol. The van der Waals surface area contributed by atoms with Gasteiger partial charge < -0.3 is 10.2 Å². The molecule has 31 heavy (non-hydrogen) atoms. The van der Waals surface area contributed by atoms with Crippen molar-refractivity contribution in [3.8, 4) is 0 Å². The molecular formula is C21H24ClN5O2S2. The molecule has 0 bridgehead atoms. The molecule has 7 nitrogen and oxygen atoms in total. The van der Waals surface area contributed by atoms with Crippen LogP contribution >= 0.6 is 34.7 Å². The maximum absolute atomic E-state index is 13.2. The van der Waals surface area contributed by atoms with Gasteiger partial charge in [-0.2, -0.15) is 4.98 Å². The van der Waals surface area contributed by atoms with Gasteiger partial charge in [-0.15, -0.1) is 0 Å². The Bertz CT molecular complexity index is 1150. The molecule has 0 atom stereocenters. The van der Waals surface area contributed by atoms with E-state index in [1.165, 1.54) is 23.1 Å². The van der Waals surface area contributed by atoms with Gasteiger partial charge in [-0.1, -0.05) is 52.9 Å². The van der Waals surface area contributed by atoms with Crippen LogP contribution < -0.4 is 15.8 Å². The van der Waals surface area contributed by atoms with Crippen LogP contribution in [-0.4, -0.2) is 39.3 Å². The van der Waals surface area contributed by atoms with Crippen molar-refractivity contribution in [1.82, 2.24) is 19.9 Å². The van der Waals surface area contributed by atoms with E-state index in [9.17, 15) is 9.59 Å². The maximum Gasteiger partial charge on any atom is 0.274 e. The number of rotatable bonds is 7. The number of aromatic nitrogens is 3. The van der Waals surface area contributed by atoms with Crippen molar-refractivity contribution in [1.29, 1.82) is 0 Å². The Labute approximate surface area is 193 Å². The number of nitrogens with one attached hydrogen (secondary N) is 1. The van der Waals surface area contributed by atoms with Gasteiger partial charge in [-0.25, -0.2) is 4.98 Å². The van der Waals surface area contributed by atoms with Crippen LogP contribution in [0, 0.1) is 0 Å². The van der Waals surface area contributed by atoms with Crippen molar-refractivity contribution < 1.29 is 4.79 Å². The maximum atomic E-state index is 13.2. The number of fused-ring (bicyclic) bond motifs is 1. The topological polar surface area (TPSA) is 80.1 Å². The molecule has 4 rings (SSSR count). The SMILES string of the molecule is CC(C)n1c(SCC(=O)NCc2ccccc2Cl)nc2nc(N3CCCC3)sc2c1=O. The van der Waals surface area contributed by atoms with Gasteiger partial charge in [0.15, 0.2) is 15.9 Å². The summed E-state index contributed by atoms with van der Waals surface area (Å²) < 4.78 is 2.23. The molecule has 3 heterocycles. The van der Waals surface area contributed by atoms with Crippen molar-refractivity contribution in [3.63, 3.8) is 0 Å². The molecule has 0 saturated carbocycles. The Morgan fingerprint density at radius 3 is 2.71 bits per heavy atom. The van der Waals surface area contributed by atoms with E-state index in [1.54, 1.807) is 10.6 Å². The summed E-state index contributed by atoms with van der Waals surface area (Å²) in [5.74, 6) is 0.00344. The summed E-state index contributed by atoms with van der Waals surface area (Å²) in [6.07, 6.45) is 2.29. The van der Waals surface area contributed by atoms with Crippen LogP contribution in [0.1, 0.15) is 38.3 Å². The fraction of sp³-hybridized carbons (Fsp3) is 0.429. The molecule has 164 valence electrons. The number of hydrogen-bond acceptors (Lipinski definition) is 7. The Morgan fingerprint density at radius 1 is 1.26 bits per heavy atom. The van der Waals surface area contributed by atoms with E-state index in [2.05, 4.69) is 20.2 Å². The average molecular weight is 478 g/mol. The lowest BCUT2D eigenvalue weighted by Gasteiger charge is -2.14. The summed E-state index contributed by atoms with van der Waals surface area (Å²) in [6, 6.07) is 7.33. The Kier molecular flexibility index (Phi) is 6.83. The largest absolute Gasteiger partial charge is 0.351 e. The van der Waals surface area contributed by atoms with E-state index >= 15 is 0 Å². The van der Waals surface area contributed by atoms with Crippen molar-refractivity contribution in [2.45, 2.75) is 44.4 Å². The summed E-state index contributed by atoms with van der Waals surface area (Å²) in [4.78, 5) is 37.0. The van der Waals surface area contributed by atoms with Crippen molar-refractivity contribution in [3.05, 3.63) is 45.2 Å². The van der Waals surface area contributed by atoms with Crippen LogP contribution in [0.4, 0.5) is 5.13 Å². The first-order valence-corrected chi connectivity index (χ1v) is 12.4. The molecule has 0 spiro atoms. The molecule has 10 heteroatoms. The number of halogens is 1. The van der Waals surface area contributed by atoms with E-state index in [0.717, 1.165) is 36.6 Å². The zero-order chi connectivity index (χ0) is 22.0. The highest BCUT2D eigenvalue weighted by Gasteiger charge is 2.22. The number of thiazole rings is 1. The highest BCUT2D eigenvalue weighted by molar-refractivity contribution is 7.99. The van der Waals surface area contributed by atoms with Crippen LogP contribution in [0.5, 0.6) is 0 Å². The van der Waals surface area contributed by atoms with Gasteiger partial charge in [0.2, 0.25) is 5.91 Å². The number of carbonyl (C=O) groups excluding carboxylic acids is 1. The van der Waals surface area contributed by atoms with E-state index in [0.29, 0.717) is 27.1 Å². The second-order valence-electron chi connectivity index (χ2n) is 7.66. The van der Waals surface area contributed by atoms with Crippen molar-refractivity contribution in [2.24, 2.45) is 0 Å². The first-order chi connectivity index (χ1) is 14.9. The second kappa shape index (κ2) is 9.58. The molecule has 1 saturated heterocycles. The number of nitrogens with zero attached hydrogens (tertiary/aromatic N) is 4. The number of hydrogen-bond donors (Lipinski definition) is 1. The first-order valence-electron chi connectivity index (χ1n) is 10.2. The molecule has 1 aromatic carbocycles. The molecule has 1 aliphatic rings. The second-order valence-corrected chi connectivity index (χ2v) is 9.99. The third-order valence-electron chi connectivity index (χ3n) is 5.08. The standard InChI is InChI=1S/C21H24ClN5O2S2/c1-13(2)27-19(29)17-18(24-20(31-17)26-9-5-6-10-26)25-21(27)30-12-16(28)23-11-14-7-3-4-8-15(14)22/h3-4,7-8,13H,5-6,9-12H2,1-2H3,(H,23,28). The number of anilines is 1. The van der Waals surface area contributed by atoms with Gasteiger partial charge in [0.1, 0.15) is 4.70 Å². The number of thioether (sulfide) groups is 1. The molecule has 0 unspecified atom stereocenters. The van der Waals surface area contributed by atoms with E-state index in [-0.39, 0.29) is 23.3 Å². The lowest BCUT2D eigenvalue weighted by Crippen LogP contribution is -2.27. The number of benzene rings is 1. The minimum atomic E-state index is -0.148. The summed E-state index contributed by atoms with van der Waals surface area (Å²) >= 11 is 8.81. The molecule has 1 aliphatic heterocycles. The van der Waals surface area contributed by atoms with Gasteiger partial charge in [0.25, 0.3) is 5.56 Å². The summed E-state index contributed by atoms with van der Waals surface area (Å²) in [5.41, 5.74) is 1.23. The van der Waals surface area contributed by atoms with E-state index in [1.807, 2.05) is 32.0 Å². The van der Waals surface area contributed by atoms with E-state index < -0.39 is 0 Å². The Balaban J connectivity index is 1.52. The van der Waals surface area contributed by atoms with Crippen LogP contribution in [0.15, 0.2) is 34.2 Å². The van der Waals surface area contributed by atoms with Crippen LogP contribution in [0.25, 0.3) is 10.3 Å². The molecule has 1 N–H and O–H groups in total. The number of amides is 1. The molecule has 1 fully saturated rings. The van der Waals surface area contributed by atoms with Gasteiger partial charge in [0.05, 0.1) is 5.75 Å². The fourth-order valence-electron chi connectivity index (χ4n) is 3.47. The minimum Gasteiger partial charge on any atom is -0.351 e. The van der Waals surface area contributed by atoms with Crippen LogP contribution in [0.2, 0.25) is 5.02 Å². The zero-order valence-corrected chi connectivity index (χ0v) is 19.8. The van der Waals surface area contributed by atoms with Crippen LogP contribution in [-0.2, 0) is 11.3 Å². The highest BCUT2D eigenvalue weighted by Crippen LogP contribution is 2.30. The summed E-state index contributed by atoms with van der Waals surface area (Å²) in [6.45, 7) is 6.17. The van der Waals surface area contributed by atoms with Crippen LogP contribution in [0.3, 0.4) is 0 Å². The quantitative estimate of drug-likeness (QED) is 0.407. The van der Waals surface area contributed by atoms with Crippen molar-refractivity contribution in [2.75, 3.05) is 23.7 Å². The Hall–Kier alpha value is -2.10. The molecular weight excluding hydrogens is 454 g/mol. The predicted molar refractivity (Wildman–Crippen MR) is 128 cm³/mol. The normalized spacial score (nSPS) is 14.0. The van der Waals surface area contributed by atoms with Gasteiger partial charge in [0, 0.05) is 30.7 Å². The minimum absolute atomic E-state index is 0.0737. The summed E-state index contributed by atoms with van der Waals surface area (Å²) in [5, 5.41) is 4.86. The molecule has 2 aromatic heterocycles. The smallest absolute Gasteiger partial charge is 0.274 e. The average Bonchev–Trinajstić information content (AvgIpc) is 3.41. The first kappa shape index (κ1) is 22.1. The lowest BCUT2D eigenvalue weighted by molar-refractivity contribution is -0.118. The lowest BCUT2D eigenvalue weighted by atomic mass is 10.2. The fourth-order valence-corrected chi connectivity index (χ4v) is 5.62. The predicted octanol–water partition coefficient (Wildman–Crippen LogP) is 4.10. The third kappa shape index (κ3) is 4.88. The summed E-state index contributed by atoms with van der Waals surface area (Å²) in [7, 11) is 0. The van der Waals surface area contributed by atoms with Gasteiger partial charge >= 0.3 is 0 Å². The molecule has 1 amide bonds. The highest BCUT2D eigenvalue weighted by atomic mass is 35.5. The molecule has 3 aromatic rings. The third-order valence-corrected chi connectivity index (χ3v) is 7.49. The van der Waals surface area contributed by atoms with E-state index in [4.69, 9.17) is 11.6 Å². The van der Waals surface area contributed by atoms with Crippen molar-refractivity contribution >= 4 is 56.1 Å². The van der Waals surface area contributed by atoms with Gasteiger partial charge in [-0.05, 0) is 38.3 Å².